The highest BCUT2D eigenvalue weighted by Crippen LogP contribution is 2.20. The van der Waals surface area contributed by atoms with Crippen molar-refractivity contribution in [3.8, 4) is 0 Å². The first-order valence-electron chi connectivity index (χ1n) is 9.53. The summed E-state index contributed by atoms with van der Waals surface area (Å²) < 4.78 is 13.0. The number of hydrogen-bond acceptors (Lipinski definition) is 2. The molecule has 26 heavy (non-hydrogen) atoms. The monoisotopic (exact) mass is 363 g/mol. The van der Waals surface area contributed by atoms with Gasteiger partial charge in [0.25, 0.3) is 0 Å². The number of benzene rings is 1. The number of nitrogens with one attached hydrogen (secondary N) is 2. The van der Waals surface area contributed by atoms with Crippen molar-refractivity contribution in [2.24, 2.45) is 0 Å². The molecule has 0 aromatic heterocycles. The Hall–Kier alpha value is -2.11. The SMILES string of the molecule is CC(c1ccc(F)cc1)N(C)C(=O)CCCNC(=O)NC1CCCCC1. The average molecular weight is 363 g/mol. The molecule has 5 nitrogen and oxygen atoms in total. The van der Waals surface area contributed by atoms with Crippen LogP contribution in [0.4, 0.5) is 9.18 Å². The minimum absolute atomic E-state index is 0.0105. The summed E-state index contributed by atoms with van der Waals surface area (Å²) in [6.45, 7) is 2.39. The van der Waals surface area contributed by atoms with Gasteiger partial charge in [0.1, 0.15) is 5.82 Å². The summed E-state index contributed by atoms with van der Waals surface area (Å²) in [6.07, 6.45) is 6.68. The van der Waals surface area contributed by atoms with Crippen molar-refractivity contribution in [1.29, 1.82) is 0 Å². The molecule has 1 fully saturated rings. The van der Waals surface area contributed by atoms with Gasteiger partial charge in [0.05, 0.1) is 6.04 Å². The fourth-order valence-corrected chi connectivity index (χ4v) is 3.28. The molecule has 1 unspecified atom stereocenters. The summed E-state index contributed by atoms with van der Waals surface area (Å²) in [5, 5.41) is 5.83. The van der Waals surface area contributed by atoms with E-state index in [0.29, 0.717) is 19.4 Å². The minimum atomic E-state index is -0.285. The van der Waals surface area contributed by atoms with Crippen LogP contribution in [0, 0.1) is 5.82 Å². The lowest BCUT2D eigenvalue weighted by molar-refractivity contribution is -0.131. The van der Waals surface area contributed by atoms with E-state index >= 15 is 0 Å². The van der Waals surface area contributed by atoms with Gasteiger partial charge in [0.2, 0.25) is 5.91 Å². The average Bonchev–Trinajstić information content (AvgIpc) is 2.65. The topological polar surface area (TPSA) is 61.4 Å². The first-order valence-corrected chi connectivity index (χ1v) is 9.53. The molecule has 3 amide bonds. The van der Waals surface area contributed by atoms with E-state index in [1.165, 1.54) is 31.4 Å². The van der Waals surface area contributed by atoms with Crippen molar-refractivity contribution in [1.82, 2.24) is 15.5 Å². The molecule has 2 N–H and O–H groups in total. The predicted octanol–water partition coefficient (Wildman–Crippen LogP) is 3.76. The number of rotatable bonds is 7. The van der Waals surface area contributed by atoms with Gasteiger partial charge >= 0.3 is 6.03 Å². The lowest BCUT2D eigenvalue weighted by Crippen LogP contribution is -2.43. The molecule has 0 spiro atoms. The molecule has 1 aliphatic rings. The summed E-state index contributed by atoms with van der Waals surface area (Å²) in [5.41, 5.74) is 0.896. The van der Waals surface area contributed by atoms with E-state index in [2.05, 4.69) is 10.6 Å². The molecular formula is C20H30FN3O2. The Kier molecular flexibility index (Phi) is 7.88. The highest BCUT2D eigenvalue weighted by atomic mass is 19.1. The van der Waals surface area contributed by atoms with Crippen LogP contribution in [0.5, 0.6) is 0 Å². The fraction of sp³-hybridized carbons (Fsp3) is 0.600. The Morgan fingerprint density at radius 1 is 1.19 bits per heavy atom. The molecule has 6 heteroatoms. The van der Waals surface area contributed by atoms with Crippen LogP contribution in [0.25, 0.3) is 0 Å². The molecule has 0 aliphatic heterocycles. The molecule has 1 atom stereocenters. The Balaban J connectivity index is 1.65. The van der Waals surface area contributed by atoms with Crippen molar-refractivity contribution < 1.29 is 14.0 Å². The first kappa shape index (κ1) is 20.2. The fourth-order valence-electron chi connectivity index (χ4n) is 3.28. The highest BCUT2D eigenvalue weighted by Gasteiger charge is 2.18. The van der Waals surface area contributed by atoms with Gasteiger partial charge < -0.3 is 15.5 Å². The van der Waals surface area contributed by atoms with E-state index in [9.17, 15) is 14.0 Å². The lowest BCUT2D eigenvalue weighted by atomic mass is 9.96. The summed E-state index contributed by atoms with van der Waals surface area (Å²) in [7, 11) is 1.75. The van der Waals surface area contributed by atoms with E-state index in [1.807, 2.05) is 6.92 Å². The van der Waals surface area contributed by atoms with Crippen LogP contribution >= 0.6 is 0 Å². The maximum Gasteiger partial charge on any atom is 0.315 e. The van der Waals surface area contributed by atoms with Gasteiger partial charge in [0, 0.05) is 26.1 Å². The smallest absolute Gasteiger partial charge is 0.315 e. The van der Waals surface area contributed by atoms with Crippen LogP contribution in [-0.4, -0.2) is 36.5 Å². The van der Waals surface area contributed by atoms with Gasteiger partial charge in [-0.2, -0.15) is 0 Å². The maximum atomic E-state index is 13.0. The van der Waals surface area contributed by atoms with Gasteiger partial charge in [0.15, 0.2) is 0 Å². The Bertz CT molecular complexity index is 585. The molecular weight excluding hydrogens is 333 g/mol. The number of carbonyl (C=O) groups is 2. The second kappa shape index (κ2) is 10.1. The highest BCUT2D eigenvalue weighted by molar-refractivity contribution is 5.77. The number of urea groups is 1. The maximum absolute atomic E-state index is 13.0. The predicted molar refractivity (Wildman–Crippen MR) is 100 cm³/mol. The normalized spacial score (nSPS) is 16.0. The van der Waals surface area contributed by atoms with Crippen LogP contribution in [0.15, 0.2) is 24.3 Å². The Morgan fingerprint density at radius 3 is 2.50 bits per heavy atom. The van der Waals surface area contributed by atoms with Crippen LogP contribution in [0.2, 0.25) is 0 Å². The van der Waals surface area contributed by atoms with Crippen molar-refractivity contribution in [3.63, 3.8) is 0 Å². The quantitative estimate of drug-likeness (QED) is 0.725. The summed E-state index contributed by atoms with van der Waals surface area (Å²) in [5.74, 6) is -0.274. The van der Waals surface area contributed by atoms with E-state index in [0.717, 1.165) is 18.4 Å². The van der Waals surface area contributed by atoms with Gasteiger partial charge in [-0.1, -0.05) is 31.4 Å². The van der Waals surface area contributed by atoms with E-state index < -0.39 is 0 Å². The largest absolute Gasteiger partial charge is 0.339 e. The molecule has 1 aromatic carbocycles. The van der Waals surface area contributed by atoms with Crippen LogP contribution in [0.3, 0.4) is 0 Å². The van der Waals surface area contributed by atoms with Crippen molar-refractivity contribution in [3.05, 3.63) is 35.6 Å². The molecule has 0 saturated heterocycles. The Labute approximate surface area is 155 Å². The summed E-state index contributed by atoms with van der Waals surface area (Å²) in [6, 6.07) is 6.22. The summed E-state index contributed by atoms with van der Waals surface area (Å²) >= 11 is 0. The van der Waals surface area contributed by atoms with Crippen LogP contribution in [0.1, 0.15) is 63.5 Å². The number of amides is 3. The van der Waals surface area contributed by atoms with E-state index in [4.69, 9.17) is 0 Å². The lowest BCUT2D eigenvalue weighted by Gasteiger charge is -2.25. The molecule has 144 valence electrons. The Morgan fingerprint density at radius 2 is 1.85 bits per heavy atom. The van der Waals surface area contributed by atoms with E-state index in [-0.39, 0.29) is 29.8 Å². The number of halogens is 1. The number of nitrogens with zero attached hydrogens (tertiary/aromatic N) is 1. The molecule has 0 radical (unpaired) electrons. The molecule has 0 heterocycles. The third kappa shape index (κ3) is 6.32. The van der Waals surface area contributed by atoms with E-state index in [1.54, 1.807) is 24.1 Å². The van der Waals surface area contributed by atoms with Gasteiger partial charge in [-0.3, -0.25) is 4.79 Å². The third-order valence-corrected chi connectivity index (χ3v) is 5.12. The zero-order valence-corrected chi connectivity index (χ0v) is 15.8. The number of carbonyl (C=O) groups excluding carboxylic acids is 2. The van der Waals surface area contributed by atoms with Crippen molar-refractivity contribution >= 4 is 11.9 Å². The van der Waals surface area contributed by atoms with Gasteiger partial charge in [-0.25, -0.2) is 9.18 Å². The second-order valence-electron chi connectivity index (χ2n) is 7.07. The minimum Gasteiger partial charge on any atom is -0.339 e. The zero-order chi connectivity index (χ0) is 18.9. The van der Waals surface area contributed by atoms with Gasteiger partial charge in [-0.15, -0.1) is 0 Å². The van der Waals surface area contributed by atoms with Crippen LogP contribution < -0.4 is 10.6 Å². The standard InChI is InChI=1S/C20H30FN3O2/c1-15(16-10-12-17(21)13-11-16)24(2)19(25)9-6-14-22-20(26)23-18-7-4-3-5-8-18/h10-13,15,18H,3-9,14H2,1-2H3,(H2,22,23,26). The molecule has 1 aliphatic carbocycles. The number of hydrogen-bond donors (Lipinski definition) is 2. The van der Waals surface area contributed by atoms with Crippen molar-refractivity contribution in [2.75, 3.05) is 13.6 Å². The van der Waals surface area contributed by atoms with Gasteiger partial charge in [-0.05, 0) is 43.9 Å². The first-order chi connectivity index (χ1) is 12.5. The summed E-state index contributed by atoms with van der Waals surface area (Å²) in [4.78, 5) is 25.8. The molecule has 0 bridgehead atoms. The zero-order valence-electron chi connectivity index (χ0n) is 15.8. The van der Waals surface area contributed by atoms with Crippen molar-refractivity contribution in [2.45, 2.75) is 64.0 Å². The molecule has 1 aromatic rings. The van der Waals surface area contributed by atoms with Crippen LogP contribution in [-0.2, 0) is 4.79 Å². The third-order valence-electron chi connectivity index (χ3n) is 5.12. The molecule has 1 saturated carbocycles. The second-order valence-corrected chi connectivity index (χ2v) is 7.07. The molecule has 2 rings (SSSR count).